The normalized spacial score (nSPS) is 22.5. The number of unbranched alkanes of at least 4 members (excludes halogenated alkanes) is 1. The summed E-state index contributed by atoms with van der Waals surface area (Å²) >= 11 is 3.41. The fourth-order valence-corrected chi connectivity index (χ4v) is 1.76. The third-order valence-corrected chi connectivity index (χ3v) is 2.68. The van der Waals surface area contributed by atoms with Gasteiger partial charge in [-0.2, -0.15) is 0 Å². The van der Waals surface area contributed by atoms with Gasteiger partial charge in [-0.15, -0.1) is 0 Å². The van der Waals surface area contributed by atoms with E-state index in [1.165, 1.54) is 12.8 Å². The maximum atomic E-state index is 5.57. The van der Waals surface area contributed by atoms with Crippen molar-refractivity contribution in [2.45, 2.75) is 38.4 Å². The van der Waals surface area contributed by atoms with Crippen LogP contribution in [0.1, 0.15) is 32.6 Å². The van der Waals surface area contributed by atoms with Gasteiger partial charge in [-0.05, 0) is 26.2 Å². The molecule has 0 aromatic rings. The maximum Gasteiger partial charge on any atom is 0.165 e. The minimum atomic E-state index is -0.291. The van der Waals surface area contributed by atoms with Gasteiger partial charge >= 0.3 is 0 Å². The van der Waals surface area contributed by atoms with Crippen molar-refractivity contribution < 1.29 is 9.47 Å². The molecule has 1 rings (SSSR count). The molecule has 0 aromatic carbocycles. The predicted molar refractivity (Wildman–Crippen MR) is 52.6 cm³/mol. The maximum absolute atomic E-state index is 5.57. The van der Waals surface area contributed by atoms with E-state index >= 15 is 0 Å². The Bertz CT molecular complexity index is 122. The van der Waals surface area contributed by atoms with E-state index in [0.717, 1.165) is 31.4 Å². The molecular weight excluding hydrogens is 220 g/mol. The first-order valence-corrected chi connectivity index (χ1v) is 5.73. The SMILES string of the molecule is CC1(CCCCBr)OCCCO1. The second-order valence-electron chi connectivity index (χ2n) is 3.33. The summed E-state index contributed by atoms with van der Waals surface area (Å²) < 4.78 is 11.1. The summed E-state index contributed by atoms with van der Waals surface area (Å²) in [6.07, 6.45) is 4.41. The van der Waals surface area contributed by atoms with Crippen LogP contribution in [0.4, 0.5) is 0 Å². The van der Waals surface area contributed by atoms with Crippen molar-refractivity contribution in [2.75, 3.05) is 18.5 Å². The molecule has 1 fully saturated rings. The van der Waals surface area contributed by atoms with Crippen molar-refractivity contribution in [2.24, 2.45) is 0 Å². The summed E-state index contributed by atoms with van der Waals surface area (Å²) in [6, 6.07) is 0. The fraction of sp³-hybridized carbons (Fsp3) is 1.00. The van der Waals surface area contributed by atoms with Crippen molar-refractivity contribution >= 4 is 15.9 Å². The van der Waals surface area contributed by atoms with Crippen LogP contribution in [0.3, 0.4) is 0 Å². The first kappa shape index (κ1) is 10.5. The Labute approximate surface area is 82.7 Å². The molecule has 0 saturated carbocycles. The predicted octanol–water partition coefficient (Wildman–Crippen LogP) is 2.70. The van der Waals surface area contributed by atoms with Gasteiger partial charge < -0.3 is 9.47 Å². The molecule has 0 unspecified atom stereocenters. The van der Waals surface area contributed by atoms with Gasteiger partial charge in [0, 0.05) is 11.8 Å². The zero-order valence-electron chi connectivity index (χ0n) is 7.64. The lowest BCUT2D eigenvalue weighted by molar-refractivity contribution is -0.259. The first-order chi connectivity index (χ1) is 5.77. The van der Waals surface area contributed by atoms with Crippen LogP contribution in [-0.4, -0.2) is 24.3 Å². The van der Waals surface area contributed by atoms with Crippen LogP contribution in [0.15, 0.2) is 0 Å². The molecule has 1 saturated heterocycles. The second kappa shape index (κ2) is 5.20. The van der Waals surface area contributed by atoms with Gasteiger partial charge in [0.15, 0.2) is 5.79 Å². The molecule has 1 aliphatic rings. The van der Waals surface area contributed by atoms with Gasteiger partial charge in [0.2, 0.25) is 0 Å². The molecule has 0 aliphatic carbocycles. The summed E-state index contributed by atoms with van der Waals surface area (Å²) in [6.45, 7) is 3.75. The van der Waals surface area contributed by atoms with Gasteiger partial charge in [-0.1, -0.05) is 15.9 Å². The lowest BCUT2D eigenvalue weighted by Crippen LogP contribution is -2.37. The highest BCUT2D eigenvalue weighted by molar-refractivity contribution is 9.09. The number of hydrogen-bond acceptors (Lipinski definition) is 2. The highest BCUT2D eigenvalue weighted by atomic mass is 79.9. The van der Waals surface area contributed by atoms with E-state index in [0.29, 0.717) is 0 Å². The van der Waals surface area contributed by atoms with Crippen molar-refractivity contribution in [1.82, 2.24) is 0 Å². The van der Waals surface area contributed by atoms with Crippen LogP contribution in [0.25, 0.3) is 0 Å². The highest BCUT2D eigenvalue weighted by Crippen LogP contribution is 2.24. The third-order valence-electron chi connectivity index (χ3n) is 2.12. The second-order valence-corrected chi connectivity index (χ2v) is 4.12. The van der Waals surface area contributed by atoms with Crippen LogP contribution in [0.2, 0.25) is 0 Å². The van der Waals surface area contributed by atoms with Crippen LogP contribution in [0, 0.1) is 0 Å². The standard InChI is InChI=1S/C9H17BrO2/c1-9(5-2-3-6-10)11-7-4-8-12-9/h2-8H2,1H3. The Hall–Kier alpha value is 0.400. The van der Waals surface area contributed by atoms with E-state index in [1.54, 1.807) is 0 Å². The van der Waals surface area contributed by atoms with Crippen LogP contribution < -0.4 is 0 Å². The molecule has 3 heteroatoms. The average molecular weight is 237 g/mol. The van der Waals surface area contributed by atoms with Crippen LogP contribution in [0.5, 0.6) is 0 Å². The third kappa shape index (κ3) is 3.42. The van der Waals surface area contributed by atoms with Crippen molar-refractivity contribution in [1.29, 1.82) is 0 Å². The monoisotopic (exact) mass is 236 g/mol. The zero-order valence-corrected chi connectivity index (χ0v) is 9.23. The number of rotatable bonds is 4. The van der Waals surface area contributed by atoms with E-state index < -0.39 is 0 Å². The molecule has 0 N–H and O–H groups in total. The fourth-order valence-electron chi connectivity index (χ4n) is 1.36. The number of halogens is 1. The molecule has 72 valence electrons. The van der Waals surface area contributed by atoms with E-state index in [1.807, 2.05) is 6.92 Å². The Morgan fingerprint density at radius 3 is 2.50 bits per heavy atom. The van der Waals surface area contributed by atoms with E-state index in [-0.39, 0.29) is 5.79 Å². The summed E-state index contributed by atoms with van der Waals surface area (Å²) in [5.74, 6) is -0.291. The lowest BCUT2D eigenvalue weighted by Gasteiger charge is -2.33. The molecule has 12 heavy (non-hydrogen) atoms. The van der Waals surface area contributed by atoms with Gasteiger partial charge in [0.05, 0.1) is 13.2 Å². The molecule has 0 atom stereocenters. The summed E-state index contributed by atoms with van der Waals surface area (Å²) in [5.41, 5.74) is 0. The summed E-state index contributed by atoms with van der Waals surface area (Å²) in [5, 5.41) is 1.07. The largest absolute Gasteiger partial charge is 0.350 e. The minimum Gasteiger partial charge on any atom is -0.350 e. The molecule has 2 nitrogen and oxygen atoms in total. The summed E-state index contributed by atoms with van der Waals surface area (Å²) in [4.78, 5) is 0. The molecule has 0 aromatic heterocycles. The Kier molecular flexibility index (Phi) is 4.54. The Morgan fingerprint density at radius 2 is 1.92 bits per heavy atom. The molecule has 1 aliphatic heterocycles. The van der Waals surface area contributed by atoms with Gasteiger partial charge in [-0.25, -0.2) is 0 Å². The smallest absolute Gasteiger partial charge is 0.165 e. The summed E-state index contributed by atoms with van der Waals surface area (Å²) in [7, 11) is 0. The molecule has 0 amide bonds. The number of hydrogen-bond donors (Lipinski definition) is 0. The van der Waals surface area contributed by atoms with Gasteiger partial charge in [0.1, 0.15) is 0 Å². The minimum absolute atomic E-state index is 0.291. The lowest BCUT2D eigenvalue weighted by atomic mass is 10.1. The zero-order chi connectivity index (χ0) is 8.86. The quantitative estimate of drug-likeness (QED) is 0.552. The van der Waals surface area contributed by atoms with E-state index in [2.05, 4.69) is 15.9 Å². The van der Waals surface area contributed by atoms with Crippen molar-refractivity contribution in [3.63, 3.8) is 0 Å². The molecule has 0 bridgehead atoms. The number of alkyl halides is 1. The van der Waals surface area contributed by atoms with Crippen LogP contribution in [-0.2, 0) is 9.47 Å². The van der Waals surface area contributed by atoms with Crippen molar-refractivity contribution in [3.05, 3.63) is 0 Å². The van der Waals surface area contributed by atoms with Crippen LogP contribution >= 0.6 is 15.9 Å². The molecule has 0 radical (unpaired) electrons. The molecule has 0 spiro atoms. The number of ether oxygens (including phenoxy) is 2. The molecular formula is C9H17BrO2. The van der Waals surface area contributed by atoms with Gasteiger partial charge in [-0.3, -0.25) is 0 Å². The average Bonchev–Trinajstić information content (AvgIpc) is 2.06. The Balaban J connectivity index is 2.17. The Morgan fingerprint density at radius 1 is 1.25 bits per heavy atom. The topological polar surface area (TPSA) is 18.5 Å². The van der Waals surface area contributed by atoms with Crippen molar-refractivity contribution in [3.8, 4) is 0 Å². The highest BCUT2D eigenvalue weighted by Gasteiger charge is 2.27. The van der Waals surface area contributed by atoms with E-state index in [9.17, 15) is 0 Å². The van der Waals surface area contributed by atoms with E-state index in [4.69, 9.17) is 9.47 Å². The molecule has 1 heterocycles. The van der Waals surface area contributed by atoms with Gasteiger partial charge in [0.25, 0.3) is 0 Å². The first-order valence-electron chi connectivity index (χ1n) is 4.61.